The number of aromatic carboxylic acids is 1. The maximum Gasteiger partial charge on any atom is 0.471 e. The van der Waals surface area contributed by atoms with E-state index in [2.05, 4.69) is 0 Å². The number of rotatable bonds is 4. The Kier molecular flexibility index (Phi) is 4.20. The van der Waals surface area contributed by atoms with Gasteiger partial charge in [0.15, 0.2) is 0 Å². The molecule has 0 unspecified atom stereocenters. The minimum atomic E-state index is -5.06. The second-order valence-corrected chi connectivity index (χ2v) is 4.30. The fourth-order valence-electron chi connectivity index (χ4n) is 1.77. The third-order valence-electron chi connectivity index (χ3n) is 2.74. The fourth-order valence-corrected chi connectivity index (χ4v) is 1.77. The van der Waals surface area contributed by atoms with Gasteiger partial charge in [-0.1, -0.05) is 18.2 Å². The number of hydrogen-bond donors (Lipinski definition) is 1. The van der Waals surface area contributed by atoms with Crippen molar-refractivity contribution in [2.45, 2.75) is 12.7 Å². The molecule has 1 aromatic carbocycles. The molecule has 1 amide bonds. The number of furan rings is 1. The van der Waals surface area contributed by atoms with Gasteiger partial charge in [0.2, 0.25) is 5.76 Å². The predicted molar refractivity (Wildman–Crippen MR) is 69.4 cm³/mol. The van der Waals surface area contributed by atoms with Gasteiger partial charge in [-0.05, 0) is 24.3 Å². The molecular weight excluding hydrogens is 303 g/mol. The van der Waals surface area contributed by atoms with Gasteiger partial charge >= 0.3 is 18.1 Å². The van der Waals surface area contributed by atoms with Crippen LogP contribution in [0.4, 0.5) is 18.9 Å². The van der Waals surface area contributed by atoms with Crippen LogP contribution in [0.15, 0.2) is 46.9 Å². The van der Waals surface area contributed by atoms with Crippen molar-refractivity contribution in [1.29, 1.82) is 0 Å². The lowest BCUT2D eigenvalue weighted by molar-refractivity contribution is -0.170. The summed E-state index contributed by atoms with van der Waals surface area (Å²) in [5, 5.41) is 8.73. The van der Waals surface area contributed by atoms with E-state index < -0.39 is 30.4 Å². The van der Waals surface area contributed by atoms with Crippen LogP contribution >= 0.6 is 0 Å². The molecule has 0 saturated heterocycles. The van der Waals surface area contributed by atoms with Crippen molar-refractivity contribution >= 4 is 17.6 Å². The van der Waals surface area contributed by atoms with Gasteiger partial charge in [-0.2, -0.15) is 13.2 Å². The molecule has 0 radical (unpaired) electrons. The molecule has 0 bridgehead atoms. The van der Waals surface area contributed by atoms with Crippen molar-refractivity contribution in [2.75, 3.05) is 4.90 Å². The number of amides is 1. The fraction of sp³-hybridized carbons (Fsp3) is 0.143. The van der Waals surface area contributed by atoms with E-state index in [0.29, 0.717) is 4.90 Å². The Morgan fingerprint density at radius 1 is 1.09 bits per heavy atom. The first kappa shape index (κ1) is 15.6. The molecule has 22 heavy (non-hydrogen) atoms. The number of benzene rings is 1. The summed E-state index contributed by atoms with van der Waals surface area (Å²) in [4.78, 5) is 22.7. The quantitative estimate of drug-likeness (QED) is 0.941. The zero-order valence-electron chi connectivity index (χ0n) is 11.0. The van der Waals surface area contributed by atoms with Crippen LogP contribution in [0, 0.1) is 0 Å². The normalized spacial score (nSPS) is 11.2. The second kappa shape index (κ2) is 5.92. The Morgan fingerprint density at radius 3 is 2.23 bits per heavy atom. The van der Waals surface area contributed by atoms with E-state index in [0.717, 1.165) is 6.07 Å². The van der Waals surface area contributed by atoms with Crippen LogP contribution in [-0.4, -0.2) is 23.2 Å². The number of alkyl halides is 3. The standard InChI is InChI=1S/C14H10F3NO4/c15-14(16,17)13(21)18(9-4-2-1-3-5-9)8-10-6-7-11(22-10)12(19)20/h1-7H,8H2,(H,19,20). The van der Waals surface area contributed by atoms with Crippen LogP contribution in [0.2, 0.25) is 0 Å². The van der Waals surface area contributed by atoms with Gasteiger partial charge in [0, 0.05) is 5.69 Å². The summed E-state index contributed by atoms with van der Waals surface area (Å²) in [7, 11) is 0. The minimum absolute atomic E-state index is 0.0260. The van der Waals surface area contributed by atoms with Gasteiger partial charge in [0.25, 0.3) is 0 Å². The van der Waals surface area contributed by atoms with Crippen LogP contribution in [0.3, 0.4) is 0 Å². The van der Waals surface area contributed by atoms with Crippen molar-refractivity contribution in [3.8, 4) is 0 Å². The lowest BCUT2D eigenvalue weighted by atomic mass is 10.2. The van der Waals surface area contributed by atoms with Gasteiger partial charge in [-0.15, -0.1) is 0 Å². The van der Waals surface area contributed by atoms with Crippen molar-refractivity contribution in [2.24, 2.45) is 0 Å². The Hall–Kier alpha value is -2.77. The van der Waals surface area contributed by atoms with Crippen molar-refractivity contribution < 1.29 is 32.3 Å². The Labute approximate surface area is 122 Å². The third kappa shape index (κ3) is 3.46. The summed E-state index contributed by atoms with van der Waals surface area (Å²) >= 11 is 0. The molecule has 2 rings (SSSR count). The largest absolute Gasteiger partial charge is 0.475 e. The first-order valence-corrected chi connectivity index (χ1v) is 6.05. The minimum Gasteiger partial charge on any atom is -0.475 e. The number of halogens is 3. The monoisotopic (exact) mass is 313 g/mol. The molecule has 0 aliphatic rings. The van der Waals surface area contributed by atoms with Crippen LogP contribution in [0.25, 0.3) is 0 Å². The van der Waals surface area contributed by atoms with Crippen LogP contribution in [0.1, 0.15) is 16.3 Å². The molecule has 1 aromatic heterocycles. The van der Waals surface area contributed by atoms with Crippen molar-refractivity contribution in [3.05, 3.63) is 54.0 Å². The first-order valence-electron chi connectivity index (χ1n) is 6.05. The summed E-state index contributed by atoms with van der Waals surface area (Å²) in [6.45, 7) is -0.532. The molecule has 0 fully saturated rings. The summed E-state index contributed by atoms with van der Waals surface area (Å²) in [5.41, 5.74) is 0.0260. The topological polar surface area (TPSA) is 70.8 Å². The zero-order chi connectivity index (χ0) is 16.3. The van der Waals surface area contributed by atoms with Gasteiger partial charge in [0.1, 0.15) is 5.76 Å². The number of para-hydroxylation sites is 1. The summed E-state index contributed by atoms with van der Waals surface area (Å²) in [6, 6.07) is 9.56. The van der Waals surface area contributed by atoms with E-state index in [1.807, 2.05) is 0 Å². The molecule has 1 heterocycles. The Bertz CT molecular complexity index is 679. The highest BCUT2D eigenvalue weighted by Crippen LogP contribution is 2.25. The second-order valence-electron chi connectivity index (χ2n) is 4.30. The predicted octanol–water partition coefficient (Wildman–Crippen LogP) is 3.07. The highest BCUT2D eigenvalue weighted by atomic mass is 19.4. The Balaban J connectivity index is 2.32. The van der Waals surface area contributed by atoms with Gasteiger partial charge < -0.3 is 9.52 Å². The molecule has 1 N–H and O–H groups in total. The van der Waals surface area contributed by atoms with Crippen molar-refractivity contribution in [1.82, 2.24) is 0 Å². The van der Waals surface area contributed by atoms with Crippen LogP contribution in [0.5, 0.6) is 0 Å². The average Bonchev–Trinajstić information content (AvgIpc) is 2.93. The highest BCUT2D eigenvalue weighted by molar-refractivity contribution is 5.97. The number of nitrogens with zero attached hydrogens (tertiary/aromatic N) is 1. The number of hydrogen-bond acceptors (Lipinski definition) is 3. The van der Waals surface area contributed by atoms with Crippen molar-refractivity contribution in [3.63, 3.8) is 0 Å². The lowest BCUT2D eigenvalue weighted by Gasteiger charge is -2.22. The molecule has 8 heteroatoms. The molecule has 0 aliphatic heterocycles. The summed E-state index contributed by atoms with van der Waals surface area (Å²) in [6.07, 6.45) is -5.06. The number of carbonyl (C=O) groups is 2. The maximum absolute atomic E-state index is 12.7. The van der Waals surface area contributed by atoms with E-state index >= 15 is 0 Å². The van der Waals surface area contributed by atoms with E-state index in [4.69, 9.17) is 9.52 Å². The van der Waals surface area contributed by atoms with E-state index in [1.165, 1.54) is 30.3 Å². The molecule has 0 atom stereocenters. The maximum atomic E-state index is 12.7. The van der Waals surface area contributed by atoms with E-state index in [1.54, 1.807) is 6.07 Å². The summed E-state index contributed by atoms with van der Waals surface area (Å²) < 4.78 is 43.0. The third-order valence-corrected chi connectivity index (χ3v) is 2.74. The molecule has 0 aliphatic carbocycles. The van der Waals surface area contributed by atoms with Gasteiger partial charge in [0.05, 0.1) is 6.54 Å². The SMILES string of the molecule is O=C(O)c1ccc(CN(C(=O)C(F)(F)F)c2ccccc2)o1. The molecule has 2 aromatic rings. The van der Waals surface area contributed by atoms with Crippen LogP contribution < -0.4 is 4.90 Å². The average molecular weight is 313 g/mol. The number of anilines is 1. The van der Waals surface area contributed by atoms with Gasteiger partial charge in [-0.3, -0.25) is 9.69 Å². The molecule has 0 saturated carbocycles. The summed E-state index contributed by atoms with van der Waals surface area (Å²) in [5.74, 6) is -3.90. The number of carboxylic acids is 1. The van der Waals surface area contributed by atoms with Crippen LogP contribution in [-0.2, 0) is 11.3 Å². The zero-order valence-corrected chi connectivity index (χ0v) is 11.0. The molecule has 116 valence electrons. The highest BCUT2D eigenvalue weighted by Gasteiger charge is 2.43. The van der Waals surface area contributed by atoms with E-state index in [9.17, 15) is 22.8 Å². The number of carbonyl (C=O) groups excluding carboxylic acids is 1. The molecule has 0 spiro atoms. The smallest absolute Gasteiger partial charge is 0.471 e. The Morgan fingerprint density at radius 2 is 1.73 bits per heavy atom. The lowest BCUT2D eigenvalue weighted by Crippen LogP contribution is -2.40. The molecular formula is C14H10F3NO4. The van der Waals surface area contributed by atoms with Gasteiger partial charge in [-0.25, -0.2) is 4.79 Å². The first-order chi connectivity index (χ1) is 10.3. The number of carboxylic acid groups (broad SMARTS) is 1. The van der Waals surface area contributed by atoms with E-state index in [-0.39, 0.29) is 11.4 Å². The molecule has 5 nitrogen and oxygen atoms in total.